The zero-order chi connectivity index (χ0) is 13.0. The summed E-state index contributed by atoms with van der Waals surface area (Å²) in [5.74, 6) is 0.837. The Morgan fingerprint density at radius 3 is 3.00 bits per heavy atom. The number of aromatic nitrogens is 1. The van der Waals surface area contributed by atoms with Gasteiger partial charge >= 0.3 is 0 Å². The molecule has 1 heterocycles. The van der Waals surface area contributed by atoms with E-state index >= 15 is 0 Å². The Morgan fingerprint density at radius 2 is 2.44 bits per heavy atom. The summed E-state index contributed by atoms with van der Waals surface area (Å²) < 4.78 is 5.16. The van der Waals surface area contributed by atoms with Crippen molar-refractivity contribution in [3.63, 3.8) is 0 Å². The van der Waals surface area contributed by atoms with Crippen LogP contribution in [0.4, 0.5) is 0 Å². The van der Waals surface area contributed by atoms with Gasteiger partial charge in [0.05, 0.1) is 12.1 Å². The SMILES string of the molecule is CCC1CCC(NCCOC)(c2nc(C)cs2)C1. The summed E-state index contributed by atoms with van der Waals surface area (Å²) in [6, 6.07) is 0. The summed E-state index contributed by atoms with van der Waals surface area (Å²) in [6.07, 6.45) is 5.02. The summed E-state index contributed by atoms with van der Waals surface area (Å²) in [4.78, 5) is 4.73. The standard InChI is InChI=1S/C14H24N2OS/c1-4-12-5-6-14(9-12,15-7-8-17-3)13-16-11(2)10-18-13/h10,12,15H,4-9H2,1-3H3. The molecular weight excluding hydrogens is 244 g/mol. The summed E-state index contributed by atoms with van der Waals surface area (Å²) in [5, 5.41) is 7.14. The van der Waals surface area contributed by atoms with E-state index in [0.717, 1.165) is 24.8 Å². The Hall–Kier alpha value is -0.450. The number of thiazole rings is 1. The summed E-state index contributed by atoms with van der Waals surface area (Å²) in [5.41, 5.74) is 1.25. The molecule has 1 fully saturated rings. The topological polar surface area (TPSA) is 34.1 Å². The van der Waals surface area contributed by atoms with E-state index in [1.807, 2.05) is 0 Å². The van der Waals surface area contributed by atoms with E-state index in [1.165, 1.54) is 30.7 Å². The molecule has 0 saturated heterocycles. The largest absolute Gasteiger partial charge is 0.383 e. The molecule has 1 aromatic rings. The van der Waals surface area contributed by atoms with Crippen LogP contribution in [-0.2, 0) is 10.3 Å². The molecule has 0 bridgehead atoms. The fourth-order valence-corrected chi connectivity index (χ4v) is 3.91. The Kier molecular flexibility index (Phi) is 4.76. The van der Waals surface area contributed by atoms with Gasteiger partial charge in [0.15, 0.2) is 0 Å². The quantitative estimate of drug-likeness (QED) is 0.805. The Bertz CT molecular complexity index is 380. The highest BCUT2D eigenvalue weighted by atomic mass is 32.1. The first kappa shape index (κ1) is 14.0. The van der Waals surface area contributed by atoms with Crippen molar-refractivity contribution in [2.75, 3.05) is 20.3 Å². The van der Waals surface area contributed by atoms with Crippen LogP contribution >= 0.6 is 11.3 Å². The van der Waals surface area contributed by atoms with Crippen LogP contribution in [0.2, 0.25) is 0 Å². The maximum absolute atomic E-state index is 5.16. The number of ether oxygens (including phenoxy) is 1. The average Bonchev–Trinajstić information content (AvgIpc) is 2.97. The highest BCUT2D eigenvalue weighted by Crippen LogP contribution is 2.44. The molecule has 0 radical (unpaired) electrons. The van der Waals surface area contributed by atoms with Crippen LogP contribution in [0.3, 0.4) is 0 Å². The van der Waals surface area contributed by atoms with Crippen molar-refractivity contribution in [1.82, 2.24) is 10.3 Å². The van der Waals surface area contributed by atoms with Crippen molar-refractivity contribution in [1.29, 1.82) is 0 Å². The molecular formula is C14H24N2OS. The van der Waals surface area contributed by atoms with Crippen molar-refractivity contribution in [3.05, 3.63) is 16.1 Å². The predicted octanol–water partition coefficient (Wildman–Crippen LogP) is 3.09. The molecule has 1 aliphatic carbocycles. The second-order valence-electron chi connectivity index (χ2n) is 5.31. The van der Waals surface area contributed by atoms with Gasteiger partial charge in [0, 0.05) is 24.7 Å². The first-order valence-corrected chi connectivity index (χ1v) is 7.74. The molecule has 2 rings (SSSR count). The second kappa shape index (κ2) is 6.13. The molecule has 18 heavy (non-hydrogen) atoms. The molecule has 1 aliphatic rings. The Labute approximate surface area is 114 Å². The molecule has 0 amide bonds. The van der Waals surface area contributed by atoms with Crippen LogP contribution in [0.15, 0.2) is 5.38 Å². The van der Waals surface area contributed by atoms with Crippen LogP contribution < -0.4 is 5.32 Å². The molecule has 0 aliphatic heterocycles. The lowest BCUT2D eigenvalue weighted by Crippen LogP contribution is -2.42. The minimum Gasteiger partial charge on any atom is -0.383 e. The van der Waals surface area contributed by atoms with Crippen molar-refractivity contribution in [3.8, 4) is 0 Å². The van der Waals surface area contributed by atoms with Crippen molar-refractivity contribution in [2.24, 2.45) is 5.92 Å². The van der Waals surface area contributed by atoms with Gasteiger partial charge in [-0.15, -0.1) is 11.3 Å². The lowest BCUT2D eigenvalue weighted by atomic mass is 9.95. The third-order valence-corrected chi connectivity index (χ3v) is 5.16. The molecule has 1 N–H and O–H groups in total. The molecule has 2 unspecified atom stereocenters. The third-order valence-electron chi connectivity index (χ3n) is 3.99. The van der Waals surface area contributed by atoms with Crippen LogP contribution in [0.1, 0.15) is 43.3 Å². The van der Waals surface area contributed by atoms with E-state index < -0.39 is 0 Å². The lowest BCUT2D eigenvalue weighted by molar-refractivity contribution is 0.182. The van der Waals surface area contributed by atoms with Crippen molar-refractivity contribution in [2.45, 2.75) is 45.1 Å². The average molecular weight is 268 g/mol. The summed E-state index contributed by atoms with van der Waals surface area (Å²) in [6.45, 7) is 6.05. The van der Waals surface area contributed by atoms with E-state index in [-0.39, 0.29) is 5.54 Å². The monoisotopic (exact) mass is 268 g/mol. The van der Waals surface area contributed by atoms with Gasteiger partial charge in [-0.2, -0.15) is 0 Å². The van der Waals surface area contributed by atoms with Crippen LogP contribution in [-0.4, -0.2) is 25.2 Å². The van der Waals surface area contributed by atoms with Crippen LogP contribution in [0, 0.1) is 12.8 Å². The fourth-order valence-electron chi connectivity index (χ4n) is 2.89. The van der Waals surface area contributed by atoms with Gasteiger partial charge in [-0.3, -0.25) is 0 Å². The molecule has 4 heteroatoms. The molecule has 102 valence electrons. The summed E-state index contributed by atoms with van der Waals surface area (Å²) in [7, 11) is 1.76. The highest BCUT2D eigenvalue weighted by Gasteiger charge is 2.41. The number of nitrogens with zero attached hydrogens (tertiary/aromatic N) is 1. The Morgan fingerprint density at radius 1 is 1.61 bits per heavy atom. The molecule has 0 spiro atoms. The highest BCUT2D eigenvalue weighted by molar-refractivity contribution is 7.09. The van der Waals surface area contributed by atoms with Crippen LogP contribution in [0.25, 0.3) is 0 Å². The minimum atomic E-state index is 0.109. The zero-order valence-electron chi connectivity index (χ0n) is 11.7. The maximum atomic E-state index is 5.16. The molecule has 0 aromatic carbocycles. The van der Waals surface area contributed by atoms with Gasteiger partial charge in [-0.1, -0.05) is 13.3 Å². The number of aryl methyl sites for hydroxylation is 1. The van der Waals surface area contributed by atoms with Gasteiger partial charge in [-0.25, -0.2) is 4.98 Å². The first-order chi connectivity index (χ1) is 8.70. The summed E-state index contributed by atoms with van der Waals surface area (Å²) >= 11 is 1.80. The third kappa shape index (κ3) is 2.92. The van der Waals surface area contributed by atoms with E-state index in [1.54, 1.807) is 18.4 Å². The Balaban J connectivity index is 2.12. The fraction of sp³-hybridized carbons (Fsp3) is 0.786. The second-order valence-corrected chi connectivity index (χ2v) is 6.17. The van der Waals surface area contributed by atoms with Gasteiger partial charge < -0.3 is 10.1 Å². The smallest absolute Gasteiger partial charge is 0.113 e. The van der Waals surface area contributed by atoms with Gasteiger partial charge in [-0.05, 0) is 32.1 Å². The minimum absolute atomic E-state index is 0.109. The first-order valence-electron chi connectivity index (χ1n) is 6.87. The number of methoxy groups -OCH3 is 1. The molecule has 3 nitrogen and oxygen atoms in total. The van der Waals surface area contributed by atoms with E-state index in [4.69, 9.17) is 9.72 Å². The molecule has 1 aromatic heterocycles. The normalized spacial score (nSPS) is 27.8. The predicted molar refractivity (Wildman–Crippen MR) is 76.0 cm³/mol. The number of hydrogen-bond donors (Lipinski definition) is 1. The number of nitrogens with one attached hydrogen (secondary N) is 1. The van der Waals surface area contributed by atoms with Gasteiger partial charge in [0.2, 0.25) is 0 Å². The zero-order valence-corrected chi connectivity index (χ0v) is 12.5. The van der Waals surface area contributed by atoms with Gasteiger partial charge in [0.25, 0.3) is 0 Å². The lowest BCUT2D eigenvalue weighted by Gasteiger charge is -2.29. The molecule has 1 saturated carbocycles. The van der Waals surface area contributed by atoms with Crippen molar-refractivity contribution >= 4 is 11.3 Å². The van der Waals surface area contributed by atoms with Gasteiger partial charge in [0.1, 0.15) is 5.01 Å². The van der Waals surface area contributed by atoms with E-state index in [9.17, 15) is 0 Å². The van der Waals surface area contributed by atoms with Crippen LogP contribution in [0.5, 0.6) is 0 Å². The van der Waals surface area contributed by atoms with Crippen molar-refractivity contribution < 1.29 is 4.74 Å². The van der Waals surface area contributed by atoms with E-state index in [0.29, 0.717) is 0 Å². The number of hydrogen-bond acceptors (Lipinski definition) is 4. The molecule has 2 atom stereocenters. The number of rotatable bonds is 6. The maximum Gasteiger partial charge on any atom is 0.113 e. The van der Waals surface area contributed by atoms with E-state index in [2.05, 4.69) is 24.5 Å².